The van der Waals surface area contributed by atoms with Gasteiger partial charge in [-0.3, -0.25) is 0 Å². The molecule has 0 heterocycles. The third-order valence-corrected chi connectivity index (χ3v) is 2.65. The lowest BCUT2D eigenvalue weighted by Gasteiger charge is -2.14. The minimum absolute atomic E-state index is 0.0750. The maximum absolute atomic E-state index is 6.06. The molecule has 2 N–H and O–H groups in total. The van der Waals surface area contributed by atoms with Crippen LogP contribution in [0.25, 0.3) is 0 Å². The molecule has 1 atom stereocenters. The standard InChI is InChI=1S/C13H17N/c1-4-5-9-13(14)12-8-6-7-10(2)11(12)3/h1,6-8,13H,5,9,14H2,2-3H3. The molecule has 74 valence electrons. The van der Waals surface area contributed by atoms with Crippen molar-refractivity contribution in [3.05, 3.63) is 34.9 Å². The summed E-state index contributed by atoms with van der Waals surface area (Å²) in [5, 5.41) is 0. The molecule has 1 aromatic carbocycles. The van der Waals surface area contributed by atoms with Crippen LogP contribution in [0.2, 0.25) is 0 Å². The Morgan fingerprint density at radius 1 is 1.43 bits per heavy atom. The Morgan fingerprint density at radius 2 is 2.14 bits per heavy atom. The zero-order valence-electron chi connectivity index (χ0n) is 8.88. The van der Waals surface area contributed by atoms with Crippen molar-refractivity contribution in [1.29, 1.82) is 0 Å². The summed E-state index contributed by atoms with van der Waals surface area (Å²) in [5.74, 6) is 2.62. The van der Waals surface area contributed by atoms with Gasteiger partial charge in [0.1, 0.15) is 0 Å². The maximum Gasteiger partial charge on any atom is 0.0306 e. The van der Waals surface area contributed by atoms with Crippen molar-refractivity contribution in [2.45, 2.75) is 32.7 Å². The summed E-state index contributed by atoms with van der Waals surface area (Å²) >= 11 is 0. The van der Waals surface area contributed by atoms with Crippen LogP contribution in [0.15, 0.2) is 18.2 Å². The van der Waals surface area contributed by atoms with E-state index in [1.807, 2.05) is 6.07 Å². The minimum Gasteiger partial charge on any atom is -0.324 e. The molecule has 1 rings (SSSR count). The zero-order chi connectivity index (χ0) is 10.6. The number of rotatable bonds is 3. The fraction of sp³-hybridized carbons (Fsp3) is 0.385. The van der Waals surface area contributed by atoms with Crippen LogP contribution >= 0.6 is 0 Å². The van der Waals surface area contributed by atoms with E-state index in [4.69, 9.17) is 12.2 Å². The first kappa shape index (κ1) is 10.8. The zero-order valence-corrected chi connectivity index (χ0v) is 8.88. The van der Waals surface area contributed by atoms with Crippen LogP contribution in [-0.4, -0.2) is 0 Å². The van der Waals surface area contributed by atoms with Crippen LogP contribution in [0.3, 0.4) is 0 Å². The molecule has 1 unspecified atom stereocenters. The smallest absolute Gasteiger partial charge is 0.0306 e. The number of terminal acetylenes is 1. The number of hydrogen-bond donors (Lipinski definition) is 1. The Bertz CT molecular complexity index is 347. The van der Waals surface area contributed by atoms with E-state index in [0.717, 1.165) is 12.8 Å². The number of hydrogen-bond acceptors (Lipinski definition) is 1. The fourth-order valence-corrected chi connectivity index (χ4v) is 1.57. The summed E-state index contributed by atoms with van der Waals surface area (Å²) in [5.41, 5.74) is 9.86. The lowest BCUT2D eigenvalue weighted by molar-refractivity contribution is 0.663. The van der Waals surface area contributed by atoms with E-state index >= 15 is 0 Å². The summed E-state index contributed by atoms with van der Waals surface area (Å²) in [6, 6.07) is 6.31. The van der Waals surface area contributed by atoms with Crippen LogP contribution < -0.4 is 5.73 Å². The number of aryl methyl sites for hydroxylation is 1. The number of benzene rings is 1. The van der Waals surface area contributed by atoms with Gasteiger partial charge in [0.15, 0.2) is 0 Å². The third-order valence-electron chi connectivity index (χ3n) is 2.65. The van der Waals surface area contributed by atoms with E-state index in [1.54, 1.807) is 0 Å². The molecule has 0 bridgehead atoms. The normalized spacial score (nSPS) is 12.1. The molecule has 0 aromatic heterocycles. The van der Waals surface area contributed by atoms with Crippen molar-refractivity contribution >= 4 is 0 Å². The van der Waals surface area contributed by atoms with Crippen molar-refractivity contribution in [3.8, 4) is 12.3 Å². The Morgan fingerprint density at radius 3 is 2.79 bits per heavy atom. The molecule has 0 saturated carbocycles. The first-order valence-electron chi connectivity index (χ1n) is 4.92. The van der Waals surface area contributed by atoms with Gasteiger partial charge in [0, 0.05) is 12.5 Å². The van der Waals surface area contributed by atoms with Gasteiger partial charge in [-0.05, 0) is 37.0 Å². The molecule has 0 radical (unpaired) electrons. The van der Waals surface area contributed by atoms with Gasteiger partial charge in [-0.25, -0.2) is 0 Å². The van der Waals surface area contributed by atoms with Crippen molar-refractivity contribution in [1.82, 2.24) is 0 Å². The third kappa shape index (κ3) is 2.37. The minimum atomic E-state index is 0.0750. The molecule has 0 amide bonds. The molecular weight excluding hydrogens is 170 g/mol. The van der Waals surface area contributed by atoms with E-state index in [0.29, 0.717) is 0 Å². The fourth-order valence-electron chi connectivity index (χ4n) is 1.57. The van der Waals surface area contributed by atoms with E-state index in [9.17, 15) is 0 Å². The van der Waals surface area contributed by atoms with E-state index in [1.165, 1.54) is 16.7 Å². The van der Waals surface area contributed by atoms with Crippen LogP contribution in [0, 0.1) is 26.2 Å². The average molecular weight is 187 g/mol. The van der Waals surface area contributed by atoms with Crippen molar-refractivity contribution in [2.24, 2.45) is 5.73 Å². The summed E-state index contributed by atoms with van der Waals surface area (Å²) in [6.45, 7) is 4.22. The first-order chi connectivity index (χ1) is 6.66. The van der Waals surface area contributed by atoms with Crippen LogP contribution in [0.1, 0.15) is 35.6 Å². The molecule has 1 aromatic rings. The molecule has 0 aliphatic heterocycles. The van der Waals surface area contributed by atoms with Gasteiger partial charge < -0.3 is 5.73 Å². The van der Waals surface area contributed by atoms with E-state index in [-0.39, 0.29) is 6.04 Å². The highest BCUT2D eigenvalue weighted by atomic mass is 14.6. The lowest BCUT2D eigenvalue weighted by atomic mass is 9.95. The lowest BCUT2D eigenvalue weighted by Crippen LogP contribution is -2.11. The highest BCUT2D eigenvalue weighted by Crippen LogP contribution is 2.21. The van der Waals surface area contributed by atoms with Gasteiger partial charge in [0.05, 0.1) is 0 Å². The van der Waals surface area contributed by atoms with Gasteiger partial charge in [-0.15, -0.1) is 12.3 Å². The topological polar surface area (TPSA) is 26.0 Å². The van der Waals surface area contributed by atoms with Gasteiger partial charge in [-0.2, -0.15) is 0 Å². The Labute approximate surface area is 86.3 Å². The van der Waals surface area contributed by atoms with Crippen LogP contribution in [-0.2, 0) is 0 Å². The first-order valence-corrected chi connectivity index (χ1v) is 4.92. The number of nitrogens with two attached hydrogens (primary N) is 1. The summed E-state index contributed by atoms with van der Waals surface area (Å²) in [6.07, 6.45) is 6.82. The Kier molecular flexibility index (Phi) is 3.73. The molecule has 0 saturated heterocycles. The predicted molar refractivity (Wildman–Crippen MR) is 60.9 cm³/mol. The molecule has 1 heteroatoms. The van der Waals surface area contributed by atoms with E-state index < -0.39 is 0 Å². The SMILES string of the molecule is C#CCCC(N)c1cccc(C)c1C. The largest absolute Gasteiger partial charge is 0.324 e. The monoisotopic (exact) mass is 187 g/mol. The summed E-state index contributed by atoms with van der Waals surface area (Å²) < 4.78 is 0. The van der Waals surface area contributed by atoms with E-state index in [2.05, 4.69) is 31.9 Å². The van der Waals surface area contributed by atoms with Crippen molar-refractivity contribution in [3.63, 3.8) is 0 Å². The second-order valence-corrected chi connectivity index (χ2v) is 3.64. The quantitative estimate of drug-likeness (QED) is 0.723. The second kappa shape index (κ2) is 4.83. The molecule has 0 spiro atoms. The summed E-state index contributed by atoms with van der Waals surface area (Å²) in [7, 11) is 0. The molecular formula is C13H17N. The molecule has 0 aliphatic rings. The Hall–Kier alpha value is -1.26. The predicted octanol–water partition coefficient (Wildman–Crippen LogP) is 2.72. The van der Waals surface area contributed by atoms with Gasteiger partial charge in [-0.1, -0.05) is 18.2 Å². The average Bonchev–Trinajstić information content (AvgIpc) is 2.18. The Balaban J connectivity index is 2.85. The highest BCUT2D eigenvalue weighted by molar-refractivity contribution is 5.35. The van der Waals surface area contributed by atoms with Crippen molar-refractivity contribution in [2.75, 3.05) is 0 Å². The second-order valence-electron chi connectivity index (χ2n) is 3.64. The van der Waals surface area contributed by atoms with Crippen molar-refractivity contribution < 1.29 is 0 Å². The highest BCUT2D eigenvalue weighted by Gasteiger charge is 2.08. The molecule has 14 heavy (non-hydrogen) atoms. The van der Waals surface area contributed by atoms with Gasteiger partial charge >= 0.3 is 0 Å². The van der Waals surface area contributed by atoms with Crippen LogP contribution in [0.5, 0.6) is 0 Å². The molecule has 0 fully saturated rings. The summed E-state index contributed by atoms with van der Waals surface area (Å²) in [4.78, 5) is 0. The molecule has 1 nitrogen and oxygen atoms in total. The maximum atomic E-state index is 6.06. The van der Waals surface area contributed by atoms with Gasteiger partial charge in [0.25, 0.3) is 0 Å². The van der Waals surface area contributed by atoms with Gasteiger partial charge in [0.2, 0.25) is 0 Å². The molecule has 0 aliphatic carbocycles. The van der Waals surface area contributed by atoms with Crippen LogP contribution in [0.4, 0.5) is 0 Å².